The van der Waals surface area contributed by atoms with Crippen molar-refractivity contribution in [2.24, 2.45) is 0 Å². The van der Waals surface area contributed by atoms with E-state index in [9.17, 15) is 0 Å². The van der Waals surface area contributed by atoms with E-state index in [4.69, 9.17) is 4.74 Å². The minimum Gasteiger partial charge on any atom is -0.380 e. The van der Waals surface area contributed by atoms with Gasteiger partial charge in [0.25, 0.3) is 0 Å². The summed E-state index contributed by atoms with van der Waals surface area (Å²) in [4.78, 5) is 0. The van der Waals surface area contributed by atoms with E-state index in [1.165, 1.54) is 25.7 Å². The van der Waals surface area contributed by atoms with E-state index in [1.807, 2.05) is 0 Å². The van der Waals surface area contributed by atoms with Crippen LogP contribution in [0.4, 0.5) is 0 Å². The van der Waals surface area contributed by atoms with Crippen LogP contribution in [-0.4, -0.2) is 25.8 Å². The second kappa shape index (κ2) is 4.73. The van der Waals surface area contributed by atoms with Gasteiger partial charge in [-0.25, -0.2) is 0 Å². The monoisotopic (exact) mass is 157 g/mol. The van der Waals surface area contributed by atoms with Gasteiger partial charge < -0.3 is 10.1 Å². The third-order valence-corrected chi connectivity index (χ3v) is 2.42. The molecule has 1 N–H and O–H groups in total. The summed E-state index contributed by atoms with van der Waals surface area (Å²) in [7, 11) is 1.80. The lowest BCUT2D eigenvalue weighted by Gasteiger charge is -2.08. The molecule has 1 rings (SSSR count). The Labute approximate surface area is 69.3 Å². The Bertz CT molecular complexity index is 106. The van der Waals surface area contributed by atoms with Gasteiger partial charge in [-0.1, -0.05) is 19.8 Å². The first-order chi connectivity index (χ1) is 5.36. The lowest BCUT2D eigenvalue weighted by atomic mass is 10.1. The van der Waals surface area contributed by atoms with Crippen LogP contribution in [-0.2, 0) is 4.74 Å². The van der Waals surface area contributed by atoms with Crippen LogP contribution >= 0.6 is 0 Å². The van der Waals surface area contributed by atoms with Gasteiger partial charge in [-0.05, 0) is 12.8 Å². The fourth-order valence-corrected chi connectivity index (χ4v) is 1.63. The van der Waals surface area contributed by atoms with E-state index in [0.717, 1.165) is 12.6 Å². The highest BCUT2D eigenvalue weighted by Crippen LogP contribution is 2.14. The number of ether oxygens (including phenoxy) is 1. The lowest BCUT2D eigenvalue weighted by Crippen LogP contribution is -2.21. The Morgan fingerprint density at radius 2 is 2.36 bits per heavy atom. The molecule has 0 radical (unpaired) electrons. The summed E-state index contributed by atoms with van der Waals surface area (Å²) in [5.41, 5.74) is 0. The normalized spacial score (nSPS) is 31.1. The highest BCUT2D eigenvalue weighted by atomic mass is 16.5. The molecule has 0 aromatic carbocycles. The molecule has 1 aliphatic rings. The fraction of sp³-hybridized carbons (Fsp3) is 1.00. The van der Waals surface area contributed by atoms with E-state index in [0.29, 0.717) is 6.10 Å². The minimum absolute atomic E-state index is 0.469. The Hall–Kier alpha value is -0.0800. The third-order valence-electron chi connectivity index (χ3n) is 2.42. The van der Waals surface area contributed by atoms with Crippen LogP contribution in [0, 0.1) is 0 Å². The van der Waals surface area contributed by atoms with Gasteiger partial charge in [0, 0.05) is 19.7 Å². The van der Waals surface area contributed by atoms with Crippen molar-refractivity contribution >= 4 is 0 Å². The maximum atomic E-state index is 5.26. The molecule has 66 valence electrons. The van der Waals surface area contributed by atoms with Crippen LogP contribution in [0.1, 0.15) is 32.6 Å². The van der Waals surface area contributed by atoms with Gasteiger partial charge in [0.1, 0.15) is 0 Å². The molecule has 0 aromatic heterocycles. The molecule has 1 heterocycles. The van der Waals surface area contributed by atoms with Gasteiger partial charge in [-0.2, -0.15) is 0 Å². The zero-order chi connectivity index (χ0) is 8.10. The molecular formula is C9H19NO. The molecule has 2 atom stereocenters. The van der Waals surface area contributed by atoms with Crippen LogP contribution in [0.15, 0.2) is 0 Å². The summed E-state index contributed by atoms with van der Waals surface area (Å²) in [5, 5.41) is 3.47. The topological polar surface area (TPSA) is 21.3 Å². The van der Waals surface area contributed by atoms with Crippen molar-refractivity contribution in [2.75, 3.05) is 13.7 Å². The molecule has 2 nitrogen and oxygen atoms in total. The fourth-order valence-electron chi connectivity index (χ4n) is 1.63. The van der Waals surface area contributed by atoms with Crippen molar-refractivity contribution in [2.45, 2.75) is 44.8 Å². The first-order valence-corrected chi connectivity index (χ1v) is 4.63. The zero-order valence-corrected chi connectivity index (χ0v) is 7.60. The Morgan fingerprint density at radius 1 is 1.55 bits per heavy atom. The second-order valence-corrected chi connectivity index (χ2v) is 3.34. The van der Waals surface area contributed by atoms with Gasteiger partial charge in [0.05, 0.1) is 6.10 Å². The predicted molar refractivity (Wildman–Crippen MR) is 46.7 cm³/mol. The van der Waals surface area contributed by atoms with Crippen LogP contribution in [0.25, 0.3) is 0 Å². The summed E-state index contributed by atoms with van der Waals surface area (Å²) in [6.45, 7) is 3.29. The van der Waals surface area contributed by atoms with Gasteiger partial charge in [-0.15, -0.1) is 0 Å². The van der Waals surface area contributed by atoms with Crippen molar-refractivity contribution in [1.82, 2.24) is 5.32 Å². The van der Waals surface area contributed by atoms with Crippen molar-refractivity contribution in [1.29, 1.82) is 0 Å². The Kier molecular flexibility index (Phi) is 3.87. The molecular weight excluding hydrogens is 138 g/mol. The van der Waals surface area contributed by atoms with Crippen LogP contribution < -0.4 is 5.32 Å². The molecule has 2 heteroatoms. The maximum Gasteiger partial charge on any atom is 0.0710 e. The van der Waals surface area contributed by atoms with E-state index < -0.39 is 0 Å². The standard InChI is InChI=1S/C9H19NO/c1-3-4-5-8-6-9(11-2)7-10-8/h8-10H,3-7H2,1-2H3. The predicted octanol–water partition coefficient (Wildman–Crippen LogP) is 1.55. The summed E-state index contributed by atoms with van der Waals surface area (Å²) in [5.74, 6) is 0. The molecule has 1 fully saturated rings. The van der Waals surface area contributed by atoms with Crippen molar-refractivity contribution in [3.63, 3.8) is 0 Å². The van der Waals surface area contributed by atoms with E-state index in [2.05, 4.69) is 12.2 Å². The number of methoxy groups -OCH3 is 1. The first-order valence-electron chi connectivity index (χ1n) is 4.63. The summed E-state index contributed by atoms with van der Waals surface area (Å²) >= 11 is 0. The third kappa shape index (κ3) is 2.80. The average molecular weight is 157 g/mol. The number of nitrogens with one attached hydrogen (secondary N) is 1. The molecule has 0 bridgehead atoms. The van der Waals surface area contributed by atoms with Crippen LogP contribution in [0.2, 0.25) is 0 Å². The van der Waals surface area contributed by atoms with Crippen LogP contribution in [0.3, 0.4) is 0 Å². The van der Waals surface area contributed by atoms with Gasteiger partial charge in [0.2, 0.25) is 0 Å². The van der Waals surface area contributed by atoms with Gasteiger partial charge >= 0.3 is 0 Å². The molecule has 0 spiro atoms. The zero-order valence-electron chi connectivity index (χ0n) is 7.60. The summed E-state index contributed by atoms with van der Waals surface area (Å²) < 4.78 is 5.26. The Balaban J connectivity index is 2.09. The SMILES string of the molecule is CCCCC1CC(OC)CN1. The van der Waals surface area contributed by atoms with Gasteiger partial charge in [-0.3, -0.25) is 0 Å². The number of unbranched alkanes of at least 4 members (excludes halogenated alkanes) is 1. The Morgan fingerprint density at radius 3 is 2.91 bits per heavy atom. The van der Waals surface area contributed by atoms with E-state index in [-0.39, 0.29) is 0 Å². The number of rotatable bonds is 4. The molecule has 0 saturated carbocycles. The molecule has 0 aliphatic carbocycles. The highest BCUT2D eigenvalue weighted by Gasteiger charge is 2.22. The first kappa shape index (κ1) is 9.01. The molecule has 0 amide bonds. The molecule has 2 unspecified atom stereocenters. The molecule has 1 saturated heterocycles. The quantitative estimate of drug-likeness (QED) is 0.668. The summed E-state index contributed by atoms with van der Waals surface area (Å²) in [6.07, 6.45) is 5.63. The maximum absolute atomic E-state index is 5.26. The van der Waals surface area contributed by atoms with Crippen LogP contribution in [0.5, 0.6) is 0 Å². The molecule has 11 heavy (non-hydrogen) atoms. The second-order valence-electron chi connectivity index (χ2n) is 3.34. The van der Waals surface area contributed by atoms with E-state index >= 15 is 0 Å². The average Bonchev–Trinajstić information content (AvgIpc) is 2.48. The summed E-state index contributed by atoms with van der Waals surface area (Å²) in [6, 6.07) is 0.722. The molecule has 0 aromatic rings. The van der Waals surface area contributed by atoms with Crippen molar-refractivity contribution in [3.8, 4) is 0 Å². The minimum atomic E-state index is 0.469. The molecule has 1 aliphatic heterocycles. The van der Waals surface area contributed by atoms with E-state index in [1.54, 1.807) is 7.11 Å². The largest absolute Gasteiger partial charge is 0.380 e. The number of hydrogen-bond donors (Lipinski definition) is 1. The van der Waals surface area contributed by atoms with Crippen molar-refractivity contribution in [3.05, 3.63) is 0 Å². The van der Waals surface area contributed by atoms with Crippen molar-refractivity contribution < 1.29 is 4.74 Å². The lowest BCUT2D eigenvalue weighted by molar-refractivity contribution is 0.117. The smallest absolute Gasteiger partial charge is 0.0710 e. The van der Waals surface area contributed by atoms with Gasteiger partial charge in [0.15, 0.2) is 0 Å². The highest BCUT2D eigenvalue weighted by molar-refractivity contribution is 4.81. The number of hydrogen-bond acceptors (Lipinski definition) is 2.